The van der Waals surface area contributed by atoms with Crippen molar-refractivity contribution in [1.82, 2.24) is 24.6 Å². The minimum atomic E-state index is -0.279. The van der Waals surface area contributed by atoms with E-state index in [1.807, 2.05) is 19.1 Å². The zero-order valence-corrected chi connectivity index (χ0v) is 16.6. The quantitative estimate of drug-likeness (QED) is 0.580. The molecular weight excluding hydrogens is 382 g/mol. The van der Waals surface area contributed by atoms with Crippen molar-refractivity contribution in [2.45, 2.75) is 26.3 Å². The summed E-state index contributed by atoms with van der Waals surface area (Å²) in [6, 6.07) is 7.14. The third-order valence-corrected chi connectivity index (χ3v) is 4.47. The van der Waals surface area contributed by atoms with E-state index in [2.05, 4.69) is 15.4 Å². The molecule has 8 nitrogen and oxygen atoms in total. The molecule has 0 aliphatic heterocycles. The summed E-state index contributed by atoms with van der Waals surface area (Å²) < 4.78 is 8.38. The molecule has 0 aliphatic carbocycles. The summed E-state index contributed by atoms with van der Waals surface area (Å²) >= 11 is 5.90. The third kappa shape index (κ3) is 4.51. The van der Waals surface area contributed by atoms with Crippen LogP contribution in [0.15, 0.2) is 35.4 Å². The number of rotatable bonds is 8. The fourth-order valence-corrected chi connectivity index (χ4v) is 3.05. The molecular formula is C19H22ClN5O3. The lowest BCUT2D eigenvalue weighted by atomic mass is 10.3. The number of hydrogen-bond acceptors (Lipinski definition) is 5. The molecule has 0 bridgehead atoms. The Balaban J connectivity index is 1.51. The van der Waals surface area contributed by atoms with Crippen LogP contribution in [0.2, 0.25) is 5.02 Å². The van der Waals surface area contributed by atoms with Crippen LogP contribution in [0.5, 0.6) is 5.75 Å². The van der Waals surface area contributed by atoms with Gasteiger partial charge in [0.1, 0.15) is 17.8 Å². The first-order chi connectivity index (χ1) is 13.5. The van der Waals surface area contributed by atoms with Gasteiger partial charge in [-0.3, -0.25) is 18.8 Å². The molecule has 0 unspecified atom stereocenters. The molecule has 3 rings (SSSR count). The molecule has 0 atom stereocenters. The van der Waals surface area contributed by atoms with Crippen molar-refractivity contribution in [2.75, 3.05) is 13.2 Å². The fourth-order valence-electron chi connectivity index (χ4n) is 2.87. The number of nitrogens with one attached hydrogen (secondary N) is 1. The Bertz CT molecular complexity index is 1040. The van der Waals surface area contributed by atoms with Gasteiger partial charge in [0.05, 0.1) is 18.6 Å². The van der Waals surface area contributed by atoms with Gasteiger partial charge < -0.3 is 10.1 Å². The highest BCUT2D eigenvalue weighted by Gasteiger charge is 2.15. The highest BCUT2D eigenvalue weighted by molar-refractivity contribution is 6.30. The Hall–Kier alpha value is -2.87. The minimum Gasteiger partial charge on any atom is -0.493 e. The first-order valence-corrected chi connectivity index (χ1v) is 9.43. The summed E-state index contributed by atoms with van der Waals surface area (Å²) in [6.07, 6.45) is 2.71. The first-order valence-electron chi connectivity index (χ1n) is 9.05. The predicted molar refractivity (Wildman–Crippen MR) is 107 cm³/mol. The van der Waals surface area contributed by atoms with Crippen LogP contribution in [0.3, 0.4) is 0 Å². The van der Waals surface area contributed by atoms with E-state index in [-0.39, 0.29) is 18.0 Å². The van der Waals surface area contributed by atoms with E-state index >= 15 is 0 Å². The molecule has 28 heavy (non-hydrogen) atoms. The van der Waals surface area contributed by atoms with Crippen molar-refractivity contribution < 1.29 is 9.53 Å². The van der Waals surface area contributed by atoms with Gasteiger partial charge in [-0.2, -0.15) is 5.10 Å². The SMILES string of the molecule is CCc1nn(C)c2c(=O)n(CC(=O)NCCCOc3cccc(Cl)c3)cnc12. The molecule has 148 valence electrons. The molecule has 9 heteroatoms. The highest BCUT2D eigenvalue weighted by Crippen LogP contribution is 2.17. The number of ether oxygens (including phenoxy) is 1. The van der Waals surface area contributed by atoms with E-state index in [0.29, 0.717) is 47.8 Å². The second-order valence-electron chi connectivity index (χ2n) is 6.31. The molecule has 1 amide bonds. The number of amides is 1. The standard InChI is InChI=1S/C19H22ClN5O3/c1-3-15-17-18(24(2)23-15)19(27)25(12-22-17)11-16(26)21-8-5-9-28-14-7-4-6-13(20)10-14/h4,6-7,10,12H,3,5,8-9,11H2,1-2H3,(H,21,26). The van der Waals surface area contributed by atoms with Gasteiger partial charge in [-0.15, -0.1) is 0 Å². The number of nitrogens with zero attached hydrogens (tertiary/aromatic N) is 4. The molecule has 1 aromatic carbocycles. The van der Waals surface area contributed by atoms with Crippen molar-refractivity contribution >= 4 is 28.5 Å². The lowest BCUT2D eigenvalue weighted by Gasteiger charge is -2.09. The smallest absolute Gasteiger partial charge is 0.279 e. The second kappa shape index (κ2) is 8.88. The predicted octanol–water partition coefficient (Wildman–Crippen LogP) is 1.93. The summed E-state index contributed by atoms with van der Waals surface area (Å²) in [4.78, 5) is 29.1. The summed E-state index contributed by atoms with van der Waals surface area (Å²) in [5, 5.41) is 7.70. The number of hydrogen-bond donors (Lipinski definition) is 1. The van der Waals surface area contributed by atoms with Crippen LogP contribution < -0.4 is 15.6 Å². The van der Waals surface area contributed by atoms with Crippen LogP contribution in [-0.2, 0) is 24.8 Å². The van der Waals surface area contributed by atoms with Crippen molar-refractivity contribution in [3.8, 4) is 5.75 Å². The third-order valence-electron chi connectivity index (χ3n) is 4.24. The summed E-state index contributed by atoms with van der Waals surface area (Å²) in [5.41, 5.74) is 1.48. The first kappa shape index (κ1) is 19.9. The molecule has 1 N–H and O–H groups in total. The van der Waals surface area contributed by atoms with E-state index in [1.54, 1.807) is 19.2 Å². The maximum Gasteiger partial charge on any atom is 0.279 e. The fraction of sp³-hybridized carbons (Fsp3) is 0.368. The van der Waals surface area contributed by atoms with Gasteiger partial charge in [-0.1, -0.05) is 24.6 Å². The van der Waals surface area contributed by atoms with E-state index in [1.165, 1.54) is 15.6 Å². The Labute approximate surface area is 167 Å². The van der Waals surface area contributed by atoms with E-state index in [9.17, 15) is 9.59 Å². The van der Waals surface area contributed by atoms with Crippen LogP contribution in [0.1, 0.15) is 19.0 Å². The zero-order valence-electron chi connectivity index (χ0n) is 15.8. The maximum absolute atomic E-state index is 12.6. The normalized spacial score (nSPS) is 11.0. The summed E-state index contributed by atoms with van der Waals surface area (Å²) in [7, 11) is 1.70. The minimum absolute atomic E-state index is 0.0937. The van der Waals surface area contributed by atoms with Crippen LogP contribution >= 0.6 is 11.6 Å². The molecule has 0 aliphatic rings. The summed E-state index contributed by atoms with van der Waals surface area (Å²) in [5.74, 6) is 0.427. The topological polar surface area (TPSA) is 91.0 Å². The van der Waals surface area contributed by atoms with E-state index < -0.39 is 0 Å². The van der Waals surface area contributed by atoms with Gasteiger partial charge in [0.2, 0.25) is 5.91 Å². The number of halogens is 1. The Morgan fingerprint density at radius 3 is 2.93 bits per heavy atom. The molecule has 3 aromatic rings. The average Bonchev–Trinajstić information content (AvgIpc) is 3.00. The Kier molecular flexibility index (Phi) is 6.30. The number of fused-ring (bicyclic) bond motifs is 1. The maximum atomic E-state index is 12.6. The lowest BCUT2D eigenvalue weighted by molar-refractivity contribution is -0.121. The number of aromatic nitrogens is 4. The largest absolute Gasteiger partial charge is 0.493 e. The average molecular weight is 404 g/mol. The summed E-state index contributed by atoms with van der Waals surface area (Å²) in [6.45, 7) is 2.75. The van der Waals surface area contributed by atoms with Gasteiger partial charge >= 0.3 is 0 Å². The number of carbonyl (C=O) groups is 1. The molecule has 0 radical (unpaired) electrons. The zero-order chi connectivity index (χ0) is 20.1. The van der Waals surface area contributed by atoms with Gasteiger partial charge in [0.15, 0.2) is 5.52 Å². The molecule has 2 aromatic heterocycles. The molecule has 0 saturated carbocycles. The van der Waals surface area contributed by atoms with Crippen LogP contribution in [-0.4, -0.2) is 38.4 Å². The molecule has 2 heterocycles. The van der Waals surface area contributed by atoms with Gasteiger partial charge in [-0.25, -0.2) is 4.98 Å². The Morgan fingerprint density at radius 2 is 2.18 bits per heavy atom. The van der Waals surface area contributed by atoms with E-state index in [4.69, 9.17) is 16.3 Å². The number of aryl methyl sites for hydroxylation is 2. The van der Waals surface area contributed by atoms with E-state index in [0.717, 1.165) is 5.69 Å². The van der Waals surface area contributed by atoms with Crippen molar-refractivity contribution in [2.24, 2.45) is 7.05 Å². The van der Waals surface area contributed by atoms with Crippen molar-refractivity contribution in [3.05, 3.63) is 51.7 Å². The van der Waals surface area contributed by atoms with Crippen LogP contribution in [0.4, 0.5) is 0 Å². The van der Waals surface area contributed by atoms with Gasteiger partial charge in [-0.05, 0) is 31.0 Å². The molecule has 0 saturated heterocycles. The lowest BCUT2D eigenvalue weighted by Crippen LogP contribution is -2.33. The second-order valence-corrected chi connectivity index (χ2v) is 6.74. The monoisotopic (exact) mass is 403 g/mol. The van der Waals surface area contributed by atoms with Gasteiger partial charge in [0, 0.05) is 18.6 Å². The highest BCUT2D eigenvalue weighted by atomic mass is 35.5. The van der Waals surface area contributed by atoms with Crippen LogP contribution in [0, 0.1) is 0 Å². The number of benzene rings is 1. The van der Waals surface area contributed by atoms with Crippen LogP contribution in [0.25, 0.3) is 11.0 Å². The van der Waals surface area contributed by atoms with Crippen molar-refractivity contribution in [1.29, 1.82) is 0 Å². The Morgan fingerprint density at radius 1 is 1.36 bits per heavy atom. The van der Waals surface area contributed by atoms with Gasteiger partial charge in [0.25, 0.3) is 5.56 Å². The molecule has 0 spiro atoms. The van der Waals surface area contributed by atoms with Crippen molar-refractivity contribution in [3.63, 3.8) is 0 Å². The number of carbonyl (C=O) groups excluding carboxylic acids is 1. The molecule has 0 fully saturated rings.